The Morgan fingerprint density at radius 1 is 0.773 bits per heavy atom. The van der Waals surface area contributed by atoms with E-state index in [0.29, 0.717) is 0 Å². The minimum atomic E-state index is -1.62. The van der Waals surface area contributed by atoms with Gasteiger partial charge in [-0.25, -0.2) is 0 Å². The molecule has 2 aliphatic rings. The SMILES string of the molecule is CC1=CC(C)=[C]([Zr+2]([C]2=C(C)C=C(C)C2C)[SiH](C)C)C1C.[Cl-].[Cl-]. The molecule has 0 saturated heterocycles. The summed E-state index contributed by atoms with van der Waals surface area (Å²) in [6, 6.07) is 0. The fraction of sp³-hybridized carbons (Fsp3) is 0.556. The second kappa shape index (κ2) is 8.65. The predicted molar refractivity (Wildman–Crippen MR) is 90.1 cm³/mol. The van der Waals surface area contributed by atoms with E-state index in [4.69, 9.17) is 0 Å². The minimum Gasteiger partial charge on any atom is -1.00 e. The smallest absolute Gasteiger partial charge is 1.00 e. The molecule has 0 bridgehead atoms. The molecule has 0 aromatic rings. The molecule has 0 N–H and O–H groups in total. The maximum atomic E-state index is 2.61. The molecule has 0 radical (unpaired) electrons. The van der Waals surface area contributed by atoms with Crippen molar-refractivity contribution in [2.24, 2.45) is 11.8 Å². The van der Waals surface area contributed by atoms with Gasteiger partial charge in [-0.05, 0) is 0 Å². The monoisotopic (exact) mass is 433 g/mol. The summed E-state index contributed by atoms with van der Waals surface area (Å²) < 4.78 is 3.85. The van der Waals surface area contributed by atoms with Crippen molar-refractivity contribution in [3.63, 3.8) is 0 Å². The summed E-state index contributed by atoms with van der Waals surface area (Å²) >= 11 is -1.62. The van der Waals surface area contributed by atoms with Crippen LogP contribution in [-0.4, -0.2) is 5.92 Å². The van der Waals surface area contributed by atoms with Crippen LogP contribution in [0.1, 0.15) is 41.5 Å². The standard InChI is InChI=1S/2C8H11.C2H7Si.2ClH.Zr/c2*1-6-4-7(2)8(3)5-6;1-3-2;;;/h2*4,8H,1-3H3;3H,1-2H3;2*1H;/q;;;;;+2/p-2. The first-order chi connectivity index (χ1) is 9.25. The van der Waals surface area contributed by atoms with Crippen molar-refractivity contribution in [1.82, 2.24) is 0 Å². The van der Waals surface area contributed by atoms with Crippen LogP contribution in [0.5, 0.6) is 0 Å². The van der Waals surface area contributed by atoms with Crippen LogP contribution >= 0.6 is 0 Å². The van der Waals surface area contributed by atoms with Crippen LogP contribution < -0.4 is 24.8 Å². The number of rotatable bonds is 3. The second-order valence-electron chi connectivity index (χ2n) is 6.98. The molecular weight excluding hydrogens is 406 g/mol. The summed E-state index contributed by atoms with van der Waals surface area (Å²) in [5.74, 6) is 0.873. The normalized spacial score (nSPS) is 24.2. The molecule has 0 nitrogen and oxygen atoms in total. The van der Waals surface area contributed by atoms with Gasteiger partial charge < -0.3 is 24.8 Å². The summed E-state index contributed by atoms with van der Waals surface area (Å²) in [6.07, 6.45) is 4.93. The Kier molecular flexibility index (Phi) is 8.90. The van der Waals surface area contributed by atoms with Crippen molar-refractivity contribution < 1.29 is 45.7 Å². The third-order valence-electron chi connectivity index (χ3n) is 5.13. The van der Waals surface area contributed by atoms with Crippen LogP contribution in [0.25, 0.3) is 0 Å². The molecule has 2 unspecified atom stereocenters. The van der Waals surface area contributed by atoms with E-state index in [0.717, 1.165) is 11.8 Å². The van der Waals surface area contributed by atoms with E-state index >= 15 is 0 Å². The van der Waals surface area contributed by atoms with E-state index in [9.17, 15) is 0 Å². The van der Waals surface area contributed by atoms with Gasteiger partial charge in [-0.1, -0.05) is 0 Å². The first kappa shape index (κ1) is 22.6. The molecule has 4 heteroatoms. The van der Waals surface area contributed by atoms with Crippen molar-refractivity contribution >= 4 is 5.92 Å². The van der Waals surface area contributed by atoms with Crippen molar-refractivity contribution in [3.05, 3.63) is 41.0 Å². The summed E-state index contributed by atoms with van der Waals surface area (Å²) in [5.41, 5.74) is 6.45. The fourth-order valence-electron chi connectivity index (χ4n) is 3.89. The molecule has 0 spiro atoms. The van der Waals surface area contributed by atoms with E-state index in [1.807, 2.05) is 6.56 Å². The molecule has 22 heavy (non-hydrogen) atoms. The van der Waals surface area contributed by atoms with Gasteiger partial charge >= 0.3 is 134 Å². The van der Waals surface area contributed by atoms with Crippen LogP contribution in [-0.2, 0) is 20.9 Å². The summed E-state index contributed by atoms with van der Waals surface area (Å²) in [6.45, 7) is 19.5. The average molecular weight is 436 g/mol. The Labute approximate surface area is 158 Å². The predicted octanol–water partition coefficient (Wildman–Crippen LogP) is -0.664. The molecule has 2 rings (SSSR count). The topological polar surface area (TPSA) is 0 Å². The molecular formula is C18H29Cl2SiZr. The molecule has 0 aromatic heterocycles. The van der Waals surface area contributed by atoms with Crippen LogP contribution in [0.3, 0.4) is 0 Å². The largest absolute Gasteiger partial charge is 1.00 e. The Morgan fingerprint density at radius 3 is 1.27 bits per heavy atom. The maximum absolute atomic E-state index is 2.61. The van der Waals surface area contributed by atoms with Crippen LogP contribution in [0.2, 0.25) is 13.1 Å². The Morgan fingerprint density at radius 2 is 1.09 bits per heavy atom. The molecule has 0 amide bonds. The van der Waals surface area contributed by atoms with Gasteiger partial charge in [-0.15, -0.1) is 0 Å². The first-order valence-corrected chi connectivity index (χ1v) is 17.5. The molecule has 0 aromatic carbocycles. The molecule has 2 atom stereocenters. The Hall–Kier alpha value is 0.640. The van der Waals surface area contributed by atoms with Gasteiger partial charge in [0.2, 0.25) is 0 Å². The Bertz CT molecular complexity index is 509. The van der Waals surface area contributed by atoms with Gasteiger partial charge in [0, 0.05) is 0 Å². The Balaban J connectivity index is 0.00000220. The molecule has 2 aliphatic carbocycles. The maximum Gasteiger partial charge on any atom is -1.00 e. The first-order valence-electron chi connectivity index (χ1n) is 7.91. The third kappa shape index (κ3) is 4.00. The number of halogens is 2. The van der Waals surface area contributed by atoms with E-state index in [1.165, 1.54) is 0 Å². The minimum absolute atomic E-state index is 0. The average Bonchev–Trinajstić information content (AvgIpc) is 2.72. The van der Waals surface area contributed by atoms with E-state index < -0.39 is 26.8 Å². The van der Waals surface area contributed by atoms with Gasteiger partial charge in [0.15, 0.2) is 0 Å². The van der Waals surface area contributed by atoms with Gasteiger partial charge in [0.1, 0.15) is 0 Å². The van der Waals surface area contributed by atoms with Crippen molar-refractivity contribution in [2.75, 3.05) is 0 Å². The van der Waals surface area contributed by atoms with Gasteiger partial charge in [-0.2, -0.15) is 0 Å². The number of hydrogen-bond acceptors (Lipinski definition) is 0. The van der Waals surface area contributed by atoms with Crippen LogP contribution in [0, 0.1) is 11.8 Å². The molecule has 0 saturated carbocycles. The van der Waals surface area contributed by atoms with Gasteiger partial charge in [0.05, 0.1) is 0 Å². The number of allylic oxidation sites excluding steroid dienone is 8. The zero-order valence-electron chi connectivity index (χ0n) is 15.1. The van der Waals surface area contributed by atoms with Gasteiger partial charge in [-0.3, -0.25) is 0 Å². The number of hydrogen-bond donors (Lipinski definition) is 0. The molecule has 0 fully saturated rings. The quantitative estimate of drug-likeness (QED) is 0.517. The summed E-state index contributed by atoms with van der Waals surface area (Å²) in [7, 11) is 0. The van der Waals surface area contributed by atoms with Crippen LogP contribution in [0.4, 0.5) is 0 Å². The summed E-state index contributed by atoms with van der Waals surface area (Å²) in [4.78, 5) is 0. The zero-order valence-corrected chi connectivity index (χ0v) is 20.3. The van der Waals surface area contributed by atoms with Crippen LogP contribution in [0.15, 0.2) is 41.0 Å². The molecule has 0 aliphatic heterocycles. The summed E-state index contributed by atoms with van der Waals surface area (Å²) in [5, 5.41) is 0. The van der Waals surface area contributed by atoms with E-state index in [1.54, 1.807) is 22.3 Å². The van der Waals surface area contributed by atoms with Gasteiger partial charge in [0.25, 0.3) is 0 Å². The second-order valence-corrected chi connectivity index (χ2v) is 25.9. The van der Waals surface area contributed by atoms with Crippen molar-refractivity contribution in [3.8, 4) is 0 Å². The van der Waals surface area contributed by atoms with E-state index in [-0.39, 0.29) is 24.8 Å². The third-order valence-corrected chi connectivity index (χ3v) is 25.4. The van der Waals surface area contributed by atoms with Crippen molar-refractivity contribution in [1.29, 1.82) is 0 Å². The zero-order chi connectivity index (χ0) is 15.2. The fourth-order valence-corrected chi connectivity index (χ4v) is 26.5. The molecule has 123 valence electrons. The van der Waals surface area contributed by atoms with E-state index in [2.05, 4.69) is 66.8 Å². The van der Waals surface area contributed by atoms with Crippen molar-refractivity contribution in [2.45, 2.75) is 54.6 Å². The molecule has 0 heterocycles.